The van der Waals surface area contributed by atoms with Crippen molar-refractivity contribution in [2.24, 2.45) is 7.05 Å². The Bertz CT molecular complexity index is 749. The van der Waals surface area contributed by atoms with E-state index in [-0.39, 0.29) is 16.7 Å². The molecule has 2 rings (SSSR count). The molecule has 0 aliphatic carbocycles. The largest absolute Gasteiger partial charge is 0.497 e. The van der Waals surface area contributed by atoms with Crippen molar-refractivity contribution in [1.82, 2.24) is 4.57 Å². The van der Waals surface area contributed by atoms with Crippen LogP contribution in [0.2, 0.25) is 0 Å². The number of ether oxygens (including phenoxy) is 1. The van der Waals surface area contributed by atoms with Crippen molar-refractivity contribution in [2.45, 2.75) is 6.92 Å². The molecule has 19 heavy (non-hydrogen) atoms. The van der Waals surface area contributed by atoms with Crippen LogP contribution < -0.4 is 10.3 Å². The van der Waals surface area contributed by atoms with Crippen molar-refractivity contribution in [3.63, 3.8) is 0 Å². The number of aromatic nitrogens is 1. The molecule has 1 heterocycles. The third-order valence-corrected chi connectivity index (χ3v) is 3.73. The van der Waals surface area contributed by atoms with Gasteiger partial charge in [-0.2, -0.15) is 0 Å². The van der Waals surface area contributed by atoms with Crippen molar-refractivity contribution in [2.75, 3.05) is 7.11 Å². The molecule has 2 aromatic rings. The molecule has 1 N–H and O–H groups in total. The lowest BCUT2D eigenvalue weighted by molar-refractivity contribution is 0.0698. The lowest BCUT2D eigenvalue weighted by Crippen LogP contribution is -2.23. The van der Waals surface area contributed by atoms with E-state index >= 15 is 0 Å². The lowest BCUT2D eigenvalue weighted by atomic mass is 10.0. The quantitative estimate of drug-likeness (QED) is 0.920. The molecule has 6 heteroatoms. The standard InChI is InChI=1S/C13H12BrNO4/c1-6-10(13(17)18)11-8(14)4-7(19-3)5-9(11)15(2)12(6)16/h4-5H,1-3H3,(H,17,18). The molecular weight excluding hydrogens is 314 g/mol. The van der Waals surface area contributed by atoms with E-state index in [1.54, 1.807) is 19.2 Å². The molecule has 0 fully saturated rings. The van der Waals surface area contributed by atoms with Crippen molar-refractivity contribution in [3.8, 4) is 5.75 Å². The van der Waals surface area contributed by atoms with Gasteiger partial charge in [0.05, 0.1) is 18.2 Å². The maximum absolute atomic E-state index is 12.1. The molecule has 0 spiro atoms. The van der Waals surface area contributed by atoms with Crippen LogP contribution in [0.25, 0.3) is 10.9 Å². The van der Waals surface area contributed by atoms with Gasteiger partial charge in [-0.1, -0.05) is 0 Å². The van der Waals surface area contributed by atoms with Crippen molar-refractivity contribution in [1.29, 1.82) is 0 Å². The monoisotopic (exact) mass is 325 g/mol. The number of carbonyl (C=O) groups is 1. The highest BCUT2D eigenvalue weighted by Gasteiger charge is 2.20. The van der Waals surface area contributed by atoms with Crippen LogP contribution in [0.4, 0.5) is 0 Å². The fourth-order valence-corrected chi connectivity index (χ4v) is 2.75. The van der Waals surface area contributed by atoms with Crippen LogP contribution >= 0.6 is 15.9 Å². The highest BCUT2D eigenvalue weighted by atomic mass is 79.9. The van der Waals surface area contributed by atoms with Gasteiger partial charge < -0.3 is 14.4 Å². The van der Waals surface area contributed by atoms with E-state index in [2.05, 4.69) is 15.9 Å². The Balaban J connectivity index is 3.11. The summed E-state index contributed by atoms with van der Waals surface area (Å²) >= 11 is 3.34. The van der Waals surface area contributed by atoms with Gasteiger partial charge in [-0.05, 0) is 28.9 Å². The summed E-state index contributed by atoms with van der Waals surface area (Å²) < 4.78 is 7.14. The van der Waals surface area contributed by atoms with Gasteiger partial charge in [-0.15, -0.1) is 0 Å². The smallest absolute Gasteiger partial charge is 0.336 e. The molecule has 0 aliphatic rings. The maximum Gasteiger partial charge on any atom is 0.336 e. The SMILES string of the molecule is COc1cc(Br)c2c(C(=O)O)c(C)c(=O)n(C)c2c1. The van der Waals surface area contributed by atoms with Crippen LogP contribution in [-0.4, -0.2) is 22.8 Å². The number of rotatable bonds is 2. The number of methoxy groups -OCH3 is 1. The van der Waals surface area contributed by atoms with Gasteiger partial charge in [0.2, 0.25) is 0 Å². The third-order valence-electron chi connectivity index (χ3n) is 3.10. The number of carboxylic acid groups (broad SMARTS) is 1. The summed E-state index contributed by atoms with van der Waals surface area (Å²) in [5.74, 6) is -0.569. The van der Waals surface area contributed by atoms with Crippen LogP contribution in [0.3, 0.4) is 0 Å². The number of benzene rings is 1. The Labute approximate surface area is 117 Å². The molecule has 0 saturated heterocycles. The summed E-state index contributed by atoms with van der Waals surface area (Å²) in [6.45, 7) is 1.52. The van der Waals surface area contributed by atoms with Crippen LogP contribution in [0.15, 0.2) is 21.4 Å². The Kier molecular flexibility index (Phi) is 3.36. The molecular formula is C13H12BrNO4. The predicted molar refractivity (Wildman–Crippen MR) is 75.1 cm³/mol. The molecule has 0 aliphatic heterocycles. The number of aryl methyl sites for hydroxylation is 1. The zero-order chi connectivity index (χ0) is 14.3. The Morgan fingerprint density at radius 2 is 2.05 bits per heavy atom. The highest BCUT2D eigenvalue weighted by Crippen LogP contribution is 2.32. The summed E-state index contributed by atoms with van der Waals surface area (Å²) in [4.78, 5) is 23.5. The number of carboxylic acids is 1. The van der Waals surface area contributed by atoms with Gasteiger partial charge in [-0.25, -0.2) is 4.79 Å². The molecule has 0 atom stereocenters. The zero-order valence-corrected chi connectivity index (χ0v) is 12.2. The molecule has 0 radical (unpaired) electrons. The van der Waals surface area contributed by atoms with Crippen molar-refractivity contribution >= 4 is 32.8 Å². The molecule has 0 amide bonds. The van der Waals surface area contributed by atoms with Gasteiger partial charge >= 0.3 is 5.97 Å². The Hall–Kier alpha value is -1.82. The number of hydrogen-bond acceptors (Lipinski definition) is 3. The number of hydrogen-bond donors (Lipinski definition) is 1. The Morgan fingerprint density at radius 3 is 2.58 bits per heavy atom. The molecule has 1 aromatic carbocycles. The first-order valence-electron chi connectivity index (χ1n) is 5.48. The normalized spacial score (nSPS) is 10.7. The van der Waals surface area contributed by atoms with E-state index in [9.17, 15) is 14.7 Å². The summed E-state index contributed by atoms with van der Waals surface area (Å²) in [6, 6.07) is 3.33. The lowest BCUT2D eigenvalue weighted by Gasteiger charge is -2.13. The first-order valence-corrected chi connectivity index (χ1v) is 6.28. The Morgan fingerprint density at radius 1 is 1.42 bits per heavy atom. The fraction of sp³-hybridized carbons (Fsp3) is 0.231. The molecule has 0 bridgehead atoms. The average molecular weight is 326 g/mol. The van der Waals surface area contributed by atoms with Crippen LogP contribution in [0.5, 0.6) is 5.75 Å². The summed E-state index contributed by atoms with van der Waals surface area (Å²) in [7, 11) is 3.12. The highest BCUT2D eigenvalue weighted by molar-refractivity contribution is 9.10. The van der Waals surface area contributed by atoms with Gasteiger partial charge in [0.1, 0.15) is 5.75 Å². The summed E-state index contributed by atoms with van der Waals surface area (Å²) in [5.41, 5.74) is 0.422. The van der Waals surface area contributed by atoms with E-state index < -0.39 is 5.97 Å². The van der Waals surface area contributed by atoms with E-state index in [0.717, 1.165) is 0 Å². The number of fused-ring (bicyclic) bond motifs is 1. The van der Waals surface area contributed by atoms with Crippen molar-refractivity contribution in [3.05, 3.63) is 38.1 Å². The van der Waals surface area contributed by atoms with Crippen LogP contribution in [-0.2, 0) is 7.05 Å². The topological polar surface area (TPSA) is 68.5 Å². The van der Waals surface area contributed by atoms with Crippen molar-refractivity contribution < 1.29 is 14.6 Å². The minimum absolute atomic E-state index is 0.0210. The number of pyridine rings is 1. The molecule has 100 valence electrons. The minimum Gasteiger partial charge on any atom is -0.497 e. The fourth-order valence-electron chi connectivity index (χ4n) is 2.12. The van der Waals surface area contributed by atoms with E-state index in [0.29, 0.717) is 21.1 Å². The summed E-state index contributed by atoms with van der Waals surface area (Å²) in [5, 5.41) is 9.82. The number of nitrogens with zero attached hydrogens (tertiary/aromatic N) is 1. The summed E-state index contributed by atoms with van der Waals surface area (Å²) in [6.07, 6.45) is 0. The number of halogens is 1. The van der Waals surface area contributed by atoms with Gasteiger partial charge in [0.15, 0.2) is 0 Å². The number of aromatic carboxylic acids is 1. The second kappa shape index (κ2) is 4.70. The van der Waals surface area contributed by atoms with Crippen LogP contribution in [0.1, 0.15) is 15.9 Å². The van der Waals surface area contributed by atoms with Crippen LogP contribution in [0, 0.1) is 6.92 Å². The second-order valence-electron chi connectivity index (χ2n) is 4.17. The molecule has 1 aromatic heterocycles. The van der Waals surface area contributed by atoms with Gasteiger partial charge in [0, 0.05) is 28.5 Å². The second-order valence-corrected chi connectivity index (χ2v) is 5.03. The molecule has 0 saturated carbocycles. The molecule has 5 nitrogen and oxygen atoms in total. The van der Waals surface area contributed by atoms with E-state index in [1.807, 2.05) is 0 Å². The van der Waals surface area contributed by atoms with E-state index in [4.69, 9.17) is 4.74 Å². The molecule has 0 unspecified atom stereocenters. The maximum atomic E-state index is 12.1. The van der Waals surface area contributed by atoms with Gasteiger partial charge in [-0.3, -0.25) is 4.79 Å². The zero-order valence-electron chi connectivity index (χ0n) is 10.7. The third kappa shape index (κ3) is 2.02. The first-order chi connectivity index (χ1) is 8.88. The predicted octanol–water partition coefficient (Wildman–Crippen LogP) is 2.32. The minimum atomic E-state index is -1.12. The first kappa shape index (κ1) is 13.6. The van der Waals surface area contributed by atoms with Gasteiger partial charge in [0.25, 0.3) is 5.56 Å². The van der Waals surface area contributed by atoms with E-state index in [1.165, 1.54) is 18.6 Å². The average Bonchev–Trinajstić information content (AvgIpc) is 2.36.